The van der Waals surface area contributed by atoms with Crippen molar-refractivity contribution in [2.24, 2.45) is 0 Å². The molecule has 0 saturated carbocycles. The Labute approximate surface area is 116 Å². The molecule has 0 N–H and O–H groups in total. The van der Waals surface area contributed by atoms with E-state index >= 15 is 0 Å². The zero-order valence-corrected chi connectivity index (χ0v) is 11.4. The molecule has 0 atom stereocenters. The fourth-order valence-electron chi connectivity index (χ4n) is 2.25. The maximum absolute atomic E-state index is 12.3. The number of rotatable bonds is 2. The van der Waals surface area contributed by atoms with Gasteiger partial charge in [-0.2, -0.15) is 0 Å². The van der Waals surface area contributed by atoms with Crippen LogP contribution in [0.4, 0.5) is 0 Å². The van der Waals surface area contributed by atoms with Crippen LogP contribution in [0.15, 0.2) is 30.7 Å². The second kappa shape index (κ2) is 5.48. The molecular weight excluding hydrogens is 258 g/mol. The highest BCUT2D eigenvalue weighted by atomic mass is 32.1. The smallest absolute Gasteiger partial charge is 0.265 e. The third-order valence-electron chi connectivity index (χ3n) is 3.29. The molecule has 98 valence electrons. The summed E-state index contributed by atoms with van der Waals surface area (Å²) >= 11 is 1.46. The van der Waals surface area contributed by atoms with Gasteiger partial charge in [0.2, 0.25) is 0 Å². The van der Waals surface area contributed by atoms with Gasteiger partial charge in [0.15, 0.2) is 0 Å². The van der Waals surface area contributed by atoms with Gasteiger partial charge in [-0.15, -0.1) is 11.3 Å². The van der Waals surface area contributed by atoms with E-state index in [9.17, 15) is 4.79 Å². The number of carbonyl (C=O) groups excluding carboxylic acids is 1. The Morgan fingerprint density at radius 2 is 1.89 bits per heavy atom. The summed E-state index contributed by atoms with van der Waals surface area (Å²) in [6.07, 6.45) is 8.63. The van der Waals surface area contributed by atoms with Crippen molar-refractivity contribution in [2.75, 3.05) is 13.1 Å². The van der Waals surface area contributed by atoms with E-state index in [0.717, 1.165) is 41.4 Å². The van der Waals surface area contributed by atoms with Crippen molar-refractivity contribution in [3.8, 4) is 10.6 Å². The molecule has 1 aliphatic rings. The molecule has 0 aliphatic carbocycles. The minimum absolute atomic E-state index is 0.123. The van der Waals surface area contributed by atoms with Crippen LogP contribution in [0.2, 0.25) is 0 Å². The number of carbonyl (C=O) groups is 1. The van der Waals surface area contributed by atoms with E-state index in [0.29, 0.717) is 0 Å². The lowest BCUT2D eigenvalue weighted by atomic mass is 10.1. The second-order valence-corrected chi connectivity index (χ2v) is 5.65. The van der Waals surface area contributed by atoms with Crippen LogP contribution >= 0.6 is 11.3 Å². The summed E-state index contributed by atoms with van der Waals surface area (Å²) < 4.78 is 0. The second-order valence-electron chi connectivity index (χ2n) is 4.62. The van der Waals surface area contributed by atoms with Crippen LogP contribution < -0.4 is 0 Å². The molecule has 1 fully saturated rings. The summed E-state index contributed by atoms with van der Waals surface area (Å²) in [5.74, 6) is 0.123. The van der Waals surface area contributed by atoms with Crippen molar-refractivity contribution in [3.63, 3.8) is 0 Å². The van der Waals surface area contributed by atoms with Crippen LogP contribution in [0.3, 0.4) is 0 Å². The van der Waals surface area contributed by atoms with Crippen LogP contribution in [0.5, 0.6) is 0 Å². The highest BCUT2D eigenvalue weighted by Gasteiger charge is 2.20. The zero-order valence-electron chi connectivity index (χ0n) is 10.6. The highest BCUT2D eigenvalue weighted by Crippen LogP contribution is 2.26. The third-order valence-corrected chi connectivity index (χ3v) is 4.32. The van der Waals surface area contributed by atoms with Crippen molar-refractivity contribution >= 4 is 17.2 Å². The summed E-state index contributed by atoms with van der Waals surface area (Å²) in [5, 5.41) is 0.878. The molecule has 5 heteroatoms. The summed E-state index contributed by atoms with van der Waals surface area (Å²) in [4.78, 5) is 23.3. The molecule has 1 saturated heterocycles. The minimum Gasteiger partial charge on any atom is -0.338 e. The zero-order chi connectivity index (χ0) is 13.1. The van der Waals surface area contributed by atoms with Crippen molar-refractivity contribution < 1.29 is 4.79 Å². The van der Waals surface area contributed by atoms with Gasteiger partial charge in [-0.1, -0.05) is 0 Å². The molecule has 3 rings (SSSR count). The summed E-state index contributed by atoms with van der Waals surface area (Å²) in [6.45, 7) is 1.75. The van der Waals surface area contributed by atoms with Gasteiger partial charge < -0.3 is 4.90 Å². The lowest BCUT2D eigenvalue weighted by molar-refractivity contribution is 0.0729. The molecule has 0 radical (unpaired) electrons. The number of likely N-dealkylation sites (tertiary alicyclic amines) is 1. The molecule has 4 nitrogen and oxygen atoms in total. The molecule has 0 aromatic carbocycles. The Morgan fingerprint density at radius 1 is 1.16 bits per heavy atom. The normalized spacial score (nSPS) is 15.5. The Kier molecular flexibility index (Phi) is 3.55. The highest BCUT2D eigenvalue weighted by molar-refractivity contribution is 7.16. The SMILES string of the molecule is O=C(c1cnc(-c2ccncc2)s1)N1CCCCC1. The molecule has 1 amide bonds. The predicted molar refractivity (Wildman–Crippen MR) is 75.1 cm³/mol. The number of thiazole rings is 1. The Hall–Kier alpha value is -1.75. The number of hydrogen-bond acceptors (Lipinski definition) is 4. The van der Waals surface area contributed by atoms with Crippen molar-refractivity contribution in [2.45, 2.75) is 19.3 Å². The van der Waals surface area contributed by atoms with Crippen LogP contribution in [-0.4, -0.2) is 33.9 Å². The van der Waals surface area contributed by atoms with Crippen LogP contribution in [0, 0.1) is 0 Å². The number of nitrogens with zero attached hydrogens (tertiary/aromatic N) is 3. The quantitative estimate of drug-likeness (QED) is 0.845. The summed E-state index contributed by atoms with van der Waals surface area (Å²) in [6, 6.07) is 3.82. The largest absolute Gasteiger partial charge is 0.338 e. The predicted octanol–water partition coefficient (Wildman–Crippen LogP) is 2.83. The Bertz CT molecular complexity index is 561. The molecule has 2 aromatic heterocycles. The standard InChI is InChI=1S/C14H15N3OS/c18-14(17-8-2-1-3-9-17)12-10-16-13(19-12)11-4-6-15-7-5-11/h4-7,10H,1-3,8-9H2. The topological polar surface area (TPSA) is 46.1 Å². The fraction of sp³-hybridized carbons (Fsp3) is 0.357. The van der Waals surface area contributed by atoms with E-state index in [4.69, 9.17) is 0 Å². The first-order valence-corrected chi connectivity index (χ1v) is 7.32. The third kappa shape index (κ3) is 2.66. The lowest BCUT2D eigenvalue weighted by Gasteiger charge is -2.25. The first-order valence-electron chi connectivity index (χ1n) is 6.50. The molecule has 1 aliphatic heterocycles. The lowest BCUT2D eigenvalue weighted by Crippen LogP contribution is -2.35. The molecule has 0 bridgehead atoms. The van der Waals surface area contributed by atoms with Crippen LogP contribution in [0.25, 0.3) is 10.6 Å². The van der Waals surface area contributed by atoms with Gasteiger partial charge in [0.05, 0.1) is 6.20 Å². The minimum atomic E-state index is 0.123. The summed E-state index contributed by atoms with van der Waals surface area (Å²) in [7, 11) is 0. The Morgan fingerprint density at radius 3 is 2.63 bits per heavy atom. The Balaban J connectivity index is 1.79. The van der Waals surface area contributed by atoms with E-state index in [1.165, 1.54) is 17.8 Å². The van der Waals surface area contributed by atoms with E-state index < -0.39 is 0 Å². The van der Waals surface area contributed by atoms with Gasteiger partial charge in [-0.25, -0.2) is 4.98 Å². The van der Waals surface area contributed by atoms with Gasteiger partial charge in [0.1, 0.15) is 9.88 Å². The maximum atomic E-state index is 12.3. The number of aromatic nitrogens is 2. The van der Waals surface area contributed by atoms with Gasteiger partial charge >= 0.3 is 0 Å². The van der Waals surface area contributed by atoms with Gasteiger partial charge in [0.25, 0.3) is 5.91 Å². The van der Waals surface area contributed by atoms with Crippen molar-refractivity contribution in [1.82, 2.24) is 14.9 Å². The van der Waals surface area contributed by atoms with Gasteiger partial charge in [-0.05, 0) is 31.4 Å². The first-order chi connectivity index (χ1) is 9.34. The number of hydrogen-bond donors (Lipinski definition) is 0. The molecular formula is C14H15N3OS. The molecule has 0 spiro atoms. The van der Waals surface area contributed by atoms with Crippen molar-refractivity contribution in [3.05, 3.63) is 35.6 Å². The monoisotopic (exact) mass is 273 g/mol. The maximum Gasteiger partial charge on any atom is 0.265 e. The van der Waals surface area contributed by atoms with E-state index in [2.05, 4.69) is 9.97 Å². The number of piperidine rings is 1. The van der Waals surface area contributed by atoms with Crippen molar-refractivity contribution in [1.29, 1.82) is 0 Å². The average molecular weight is 273 g/mol. The summed E-state index contributed by atoms with van der Waals surface area (Å²) in [5.41, 5.74) is 1.01. The number of pyridine rings is 1. The molecule has 0 unspecified atom stereocenters. The molecule has 3 heterocycles. The van der Waals surface area contributed by atoms with E-state index in [1.54, 1.807) is 18.6 Å². The first kappa shape index (κ1) is 12.3. The average Bonchev–Trinajstić information content (AvgIpc) is 2.98. The van der Waals surface area contributed by atoms with Crippen LogP contribution in [0.1, 0.15) is 28.9 Å². The van der Waals surface area contributed by atoms with Gasteiger partial charge in [-0.3, -0.25) is 9.78 Å². The molecule has 19 heavy (non-hydrogen) atoms. The fourth-order valence-corrected chi connectivity index (χ4v) is 3.14. The van der Waals surface area contributed by atoms with E-state index in [-0.39, 0.29) is 5.91 Å². The molecule has 2 aromatic rings. The van der Waals surface area contributed by atoms with Crippen LogP contribution in [-0.2, 0) is 0 Å². The number of amides is 1. The van der Waals surface area contributed by atoms with Gasteiger partial charge in [0, 0.05) is 31.0 Å². The van der Waals surface area contributed by atoms with E-state index in [1.807, 2.05) is 17.0 Å².